The average molecular weight is 309 g/mol. The standard InChI is InChI=1S/C18H21N4O/c1-21-11-3-2-6-14(21)10-12-23-18-17(19)16-9-8-13-5-4-7-15(13)22(16)20-18/h2-3,6,8-9,11H,4-5,7,10,12,19H2,1H3/q+1. The first-order valence-electron chi connectivity index (χ1n) is 8.09. The lowest BCUT2D eigenvalue weighted by atomic mass is 10.2. The van der Waals surface area contributed by atoms with Crippen molar-refractivity contribution < 1.29 is 9.30 Å². The highest BCUT2D eigenvalue weighted by Crippen LogP contribution is 2.30. The van der Waals surface area contributed by atoms with E-state index in [-0.39, 0.29) is 0 Å². The van der Waals surface area contributed by atoms with Gasteiger partial charge in [-0.05, 0) is 30.9 Å². The summed E-state index contributed by atoms with van der Waals surface area (Å²) in [6, 6.07) is 10.4. The zero-order valence-corrected chi connectivity index (χ0v) is 13.3. The number of aromatic nitrogens is 3. The van der Waals surface area contributed by atoms with Crippen molar-refractivity contribution in [3.8, 4) is 5.88 Å². The summed E-state index contributed by atoms with van der Waals surface area (Å²) in [5.74, 6) is 0.545. The smallest absolute Gasteiger partial charge is 0.257 e. The van der Waals surface area contributed by atoms with E-state index in [1.807, 2.05) is 29.9 Å². The maximum Gasteiger partial charge on any atom is 0.257 e. The summed E-state index contributed by atoms with van der Waals surface area (Å²) < 4.78 is 9.94. The highest BCUT2D eigenvalue weighted by molar-refractivity contribution is 5.75. The fourth-order valence-electron chi connectivity index (χ4n) is 3.32. The van der Waals surface area contributed by atoms with Gasteiger partial charge in [0.15, 0.2) is 11.9 Å². The molecule has 1 aliphatic carbocycles. The Morgan fingerprint density at radius 1 is 1.26 bits per heavy atom. The van der Waals surface area contributed by atoms with Crippen molar-refractivity contribution in [1.29, 1.82) is 0 Å². The molecule has 3 aromatic rings. The molecule has 4 rings (SSSR count). The topological polar surface area (TPSA) is 56.4 Å². The zero-order chi connectivity index (χ0) is 15.8. The van der Waals surface area contributed by atoms with Crippen molar-refractivity contribution in [3.63, 3.8) is 0 Å². The van der Waals surface area contributed by atoms with Gasteiger partial charge in [0, 0.05) is 17.8 Å². The molecule has 0 bridgehead atoms. The van der Waals surface area contributed by atoms with Gasteiger partial charge >= 0.3 is 0 Å². The molecule has 0 saturated heterocycles. The zero-order valence-electron chi connectivity index (χ0n) is 13.3. The number of hydrogen-bond donors (Lipinski definition) is 1. The second kappa shape index (κ2) is 5.57. The minimum atomic E-state index is 0.545. The van der Waals surface area contributed by atoms with Crippen LogP contribution in [0.1, 0.15) is 23.4 Å². The fourth-order valence-corrected chi connectivity index (χ4v) is 3.32. The molecule has 23 heavy (non-hydrogen) atoms. The number of nitrogen functional groups attached to an aromatic ring is 1. The lowest BCUT2D eigenvalue weighted by molar-refractivity contribution is -0.679. The fraction of sp³-hybridized carbons (Fsp3) is 0.333. The number of nitrogens with two attached hydrogens (primary N) is 1. The van der Waals surface area contributed by atoms with Crippen LogP contribution >= 0.6 is 0 Å². The molecule has 0 saturated carbocycles. The van der Waals surface area contributed by atoms with Gasteiger partial charge in [-0.3, -0.25) is 0 Å². The Bertz CT molecular complexity index is 869. The lowest BCUT2D eigenvalue weighted by Crippen LogP contribution is -2.33. The van der Waals surface area contributed by atoms with Crippen LogP contribution in [0.2, 0.25) is 0 Å². The van der Waals surface area contributed by atoms with Gasteiger partial charge in [-0.1, -0.05) is 12.1 Å². The number of pyridine rings is 2. The first kappa shape index (κ1) is 14.1. The molecular weight excluding hydrogens is 288 g/mol. The Kier molecular flexibility index (Phi) is 3.41. The molecule has 0 aromatic carbocycles. The summed E-state index contributed by atoms with van der Waals surface area (Å²) in [4.78, 5) is 0. The second-order valence-corrected chi connectivity index (χ2v) is 6.08. The quantitative estimate of drug-likeness (QED) is 0.748. The number of nitrogens with zero attached hydrogens (tertiary/aromatic N) is 3. The monoisotopic (exact) mass is 309 g/mol. The van der Waals surface area contributed by atoms with E-state index in [2.05, 4.69) is 27.9 Å². The van der Waals surface area contributed by atoms with Gasteiger partial charge in [0.05, 0.1) is 18.5 Å². The predicted octanol–water partition coefficient (Wildman–Crippen LogP) is 1.85. The first-order valence-corrected chi connectivity index (χ1v) is 8.09. The molecule has 0 spiro atoms. The van der Waals surface area contributed by atoms with Gasteiger partial charge in [-0.15, -0.1) is 5.10 Å². The summed E-state index contributed by atoms with van der Waals surface area (Å²) in [5.41, 5.74) is 11.7. The van der Waals surface area contributed by atoms with Crippen LogP contribution in [0.4, 0.5) is 5.69 Å². The molecule has 3 heterocycles. The molecule has 0 unspecified atom stereocenters. The number of hydrogen-bond acceptors (Lipinski definition) is 3. The number of aryl methyl sites for hydroxylation is 3. The molecule has 0 radical (unpaired) electrons. The van der Waals surface area contributed by atoms with Gasteiger partial charge in [-0.2, -0.15) is 0 Å². The van der Waals surface area contributed by atoms with E-state index in [4.69, 9.17) is 10.5 Å². The Morgan fingerprint density at radius 3 is 3.04 bits per heavy atom. The van der Waals surface area contributed by atoms with E-state index in [9.17, 15) is 0 Å². The SMILES string of the molecule is C[n+]1ccccc1CCOc1nn2c3c(ccc2c1N)CCC3. The molecule has 0 aliphatic heterocycles. The minimum absolute atomic E-state index is 0.545. The van der Waals surface area contributed by atoms with Crippen LogP contribution in [0.5, 0.6) is 5.88 Å². The number of ether oxygens (including phenoxy) is 1. The molecule has 0 amide bonds. The van der Waals surface area contributed by atoms with Crippen LogP contribution in [-0.4, -0.2) is 16.2 Å². The Balaban J connectivity index is 1.56. The Hall–Kier alpha value is -2.56. The van der Waals surface area contributed by atoms with Crippen molar-refractivity contribution in [2.24, 2.45) is 7.05 Å². The maximum atomic E-state index is 6.23. The van der Waals surface area contributed by atoms with Crippen molar-refractivity contribution in [2.75, 3.05) is 12.3 Å². The average Bonchev–Trinajstić information content (AvgIpc) is 3.14. The Labute approximate surface area is 135 Å². The van der Waals surface area contributed by atoms with Crippen LogP contribution in [0.25, 0.3) is 5.52 Å². The minimum Gasteiger partial charge on any atom is -0.475 e. The van der Waals surface area contributed by atoms with Crippen molar-refractivity contribution >= 4 is 11.2 Å². The normalized spacial score (nSPS) is 13.4. The van der Waals surface area contributed by atoms with E-state index >= 15 is 0 Å². The van der Waals surface area contributed by atoms with E-state index in [0.29, 0.717) is 18.2 Å². The summed E-state index contributed by atoms with van der Waals surface area (Å²) >= 11 is 0. The Morgan fingerprint density at radius 2 is 2.17 bits per heavy atom. The van der Waals surface area contributed by atoms with Crippen molar-refractivity contribution in [1.82, 2.24) is 9.61 Å². The van der Waals surface area contributed by atoms with Crippen LogP contribution in [0, 0.1) is 0 Å². The molecular formula is C18H21N4O+. The van der Waals surface area contributed by atoms with Crippen LogP contribution in [0.3, 0.4) is 0 Å². The molecule has 2 N–H and O–H groups in total. The van der Waals surface area contributed by atoms with Gasteiger partial charge < -0.3 is 10.5 Å². The lowest BCUT2D eigenvalue weighted by Gasteiger charge is -2.02. The largest absolute Gasteiger partial charge is 0.475 e. The summed E-state index contributed by atoms with van der Waals surface area (Å²) in [6.45, 7) is 0.564. The van der Waals surface area contributed by atoms with Gasteiger partial charge in [0.1, 0.15) is 12.7 Å². The highest BCUT2D eigenvalue weighted by atomic mass is 16.5. The van der Waals surface area contributed by atoms with Gasteiger partial charge in [-0.25, -0.2) is 9.08 Å². The molecule has 5 nitrogen and oxygen atoms in total. The number of anilines is 1. The van der Waals surface area contributed by atoms with Crippen LogP contribution in [-0.2, 0) is 26.3 Å². The molecule has 118 valence electrons. The number of fused-ring (bicyclic) bond motifs is 3. The van der Waals surface area contributed by atoms with Gasteiger partial charge in [0.2, 0.25) is 0 Å². The molecule has 1 aliphatic rings. The van der Waals surface area contributed by atoms with Crippen molar-refractivity contribution in [3.05, 3.63) is 53.5 Å². The summed E-state index contributed by atoms with van der Waals surface area (Å²) in [5, 5.41) is 4.60. The van der Waals surface area contributed by atoms with Crippen molar-refractivity contribution in [2.45, 2.75) is 25.7 Å². The van der Waals surface area contributed by atoms with E-state index in [0.717, 1.165) is 24.8 Å². The van der Waals surface area contributed by atoms with Crippen LogP contribution < -0.4 is 15.0 Å². The molecule has 0 atom stereocenters. The third-order valence-corrected chi connectivity index (χ3v) is 4.61. The highest BCUT2D eigenvalue weighted by Gasteiger charge is 2.19. The summed E-state index contributed by atoms with van der Waals surface area (Å²) in [6.07, 6.45) is 6.24. The van der Waals surface area contributed by atoms with E-state index in [1.165, 1.54) is 23.4 Å². The molecule has 5 heteroatoms. The van der Waals surface area contributed by atoms with Crippen LogP contribution in [0.15, 0.2) is 36.5 Å². The molecule has 3 aromatic heterocycles. The predicted molar refractivity (Wildman–Crippen MR) is 88.4 cm³/mol. The third kappa shape index (κ3) is 2.42. The maximum absolute atomic E-state index is 6.23. The van der Waals surface area contributed by atoms with E-state index < -0.39 is 0 Å². The van der Waals surface area contributed by atoms with E-state index in [1.54, 1.807) is 0 Å². The summed E-state index contributed by atoms with van der Waals surface area (Å²) in [7, 11) is 2.04. The van der Waals surface area contributed by atoms with Gasteiger partial charge in [0.25, 0.3) is 5.88 Å². The number of rotatable bonds is 4. The third-order valence-electron chi connectivity index (χ3n) is 4.61. The molecule has 0 fully saturated rings. The second-order valence-electron chi connectivity index (χ2n) is 6.08. The first-order chi connectivity index (χ1) is 11.2.